The summed E-state index contributed by atoms with van der Waals surface area (Å²) in [6.45, 7) is 1.03. The maximum absolute atomic E-state index is 13.1. The molecule has 1 unspecified atom stereocenters. The molecule has 34 heavy (non-hydrogen) atoms. The first-order valence-corrected chi connectivity index (χ1v) is 11.0. The van der Waals surface area contributed by atoms with Gasteiger partial charge in [0.15, 0.2) is 0 Å². The first-order chi connectivity index (χ1) is 16.5. The van der Waals surface area contributed by atoms with Crippen LogP contribution in [0.4, 0.5) is 15.8 Å². The molecule has 8 heteroatoms. The SMILES string of the molecule is O=C1CC(c2ccccc2)N(CC(=O)Nc2ccccc2C(=O)Nc2ccc(F)cc2)CCN1. The van der Waals surface area contributed by atoms with Crippen LogP contribution >= 0.6 is 0 Å². The molecule has 0 aromatic heterocycles. The number of para-hydroxylation sites is 1. The first kappa shape index (κ1) is 23.1. The van der Waals surface area contributed by atoms with E-state index >= 15 is 0 Å². The molecule has 1 heterocycles. The highest BCUT2D eigenvalue weighted by Crippen LogP contribution is 2.26. The van der Waals surface area contributed by atoms with E-state index in [0.29, 0.717) is 24.5 Å². The van der Waals surface area contributed by atoms with Crippen LogP contribution in [0.1, 0.15) is 28.4 Å². The van der Waals surface area contributed by atoms with Crippen LogP contribution in [0.25, 0.3) is 0 Å². The highest BCUT2D eigenvalue weighted by atomic mass is 19.1. The molecule has 0 saturated carbocycles. The van der Waals surface area contributed by atoms with Crippen LogP contribution in [0.5, 0.6) is 0 Å². The van der Waals surface area contributed by atoms with Crippen molar-refractivity contribution in [3.05, 3.63) is 95.8 Å². The van der Waals surface area contributed by atoms with E-state index in [2.05, 4.69) is 16.0 Å². The van der Waals surface area contributed by atoms with E-state index in [1.807, 2.05) is 35.2 Å². The summed E-state index contributed by atoms with van der Waals surface area (Å²) in [5, 5.41) is 8.40. The molecule has 1 aliphatic rings. The number of nitrogens with zero attached hydrogens (tertiary/aromatic N) is 1. The number of benzene rings is 3. The Morgan fingerprint density at radius 1 is 0.941 bits per heavy atom. The number of nitrogens with one attached hydrogen (secondary N) is 3. The summed E-state index contributed by atoms with van der Waals surface area (Å²) in [7, 11) is 0. The normalized spacial score (nSPS) is 16.3. The summed E-state index contributed by atoms with van der Waals surface area (Å²) in [4.78, 5) is 39.9. The number of hydrogen-bond donors (Lipinski definition) is 3. The van der Waals surface area contributed by atoms with Crippen LogP contribution in [0.15, 0.2) is 78.9 Å². The van der Waals surface area contributed by atoms with E-state index in [4.69, 9.17) is 0 Å². The van der Waals surface area contributed by atoms with Crippen molar-refractivity contribution in [2.45, 2.75) is 12.5 Å². The quantitative estimate of drug-likeness (QED) is 0.525. The van der Waals surface area contributed by atoms with Gasteiger partial charge in [-0.3, -0.25) is 19.3 Å². The number of carbonyl (C=O) groups excluding carboxylic acids is 3. The molecule has 0 radical (unpaired) electrons. The molecule has 1 atom stereocenters. The van der Waals surface area contributed by atoms with E-state index in [9.17, 15) is 18.8 Å². The van der Waals surface area contributed by atoms with Crippen molar-refractivity contribution < 1.29 is 18.8 Å². The second-order valence-electron chi connectivity index (χ2n) is 8.01. The van der Waals surface area contributed by atoms with Crippen molar-refractivity contribution in [3.8, 4) is 0 Å². The predicted molar refractivity (Wildman–Crippen MR) is 128 cm³/mol. The molecule has 1 saturated heterocycles. The number of amides is 3. The van der Waals surface area contributed by atoms with Gasteiger partial charge in [-0.15, -0.1) is 0 Å². The molecule has 3 amide bonds. The van der Waals surface area contributed by atoms with Crippen LogP contribution in [0.3, 0.4) is 0 Å². The molecule has 0 aliphatic carbocycles. The van der Waals surface area contributed by atoms with Gasteiger partial charge in [-0.2, -0.15) is 0 Å². The number of anilines is 2. The molecule has 174 valence electrons. The van der Waals surface area contributed by atoms with Crippen LogP contribution in [0.2, 0.25) is 0 Å². The van der Waals surface area contributed by atoms with Gasteiger partial charge in [-0.25, -0.2) is 4.39 Å². The van der Waals surface area contributed by atoms with Gasteiger partial charge in [0.1, 0.15) is 5.82 Å². The van der Waals surface area contributed by atoms with E-state index in [-0.39, 0.29) is 36.4 Å². The highest BCUT2D eigenvalue weighted by Gasteiger charge is 2.28. The Kier molecular flexibility index (Phi) is 7.29. The molecule has 1 fully saturated rings. The van der Waals surface area contributed by atoms with Crippen molar-refractivity contribution in [1.82, 2.24) is 10.2 Å². The molecule has 0 bridgehead atoms. The summed E-state index contributed by atoms with van der Waals surface area (Å²) in [5.74, 6) is -1.17. The smallest absolute Gasteiger partial charge is 0.257 e. The van der Waals surface area contributed by atoms with Crippen LogP contribution < -0.4 is 16.0 Å². The molecule has 7 nitrogen and oxygen atoms in total. The molecule has 3 N–H and O–H groups in total. The second-order valence-corrected chi connectivity index (χ2v) is 8.01. The van der Waals surface area contributed by atoms with Crippen molar-refractivity contribution in [1.29, 1.82) is 0 Å². The van der Waals surface area contributed by atoms with Crippen molar-refractivity contribution in [2.75, 3.05) is 30.3 Å². The molecule has 4 rings (SSSR count). The average Bonchev–Trinajstić information content (AvgIpc) is 3.02. The third-order valence-electron chi connectivity index (χ3n) is 5.62. The summed E-state index contributed by atoms with van der Waals surface area (Å²) in [6, 6.07) is 21.5. The molecule has 1 aliphatic heterocycles. The van der Waals surface area contributed by atoms with Gasteiger partial charge in [0.2, 0.25) is 11.8 Å². The van der Waals surface area contributed by atoms with Crippen LogP contribution in [0, 0.1) is 5.82 Å². The lowest BCUT2D eigenvalue weighted by molar-refractivity contribution is -0.122. The van der Waals surface area contributed by atoms with E-state index in [1.165, 1.54) is 24.3 Å². The van der Waals surface area contributed by atoms with Crippen molar-refractivity contribution in [2.24, 2.45) is 0 Å². The van der Waals surface area contributed by atoms with Gasteiger partial charge in [0.25, 0.3) is 5.91 Å². The highest BCUT2D eigenvalue weighted by molar-refractivity contribution is 6.10. The van der Waals surface area contributed by atoms with Gasteiger partial charge < -0.3 is 16.0 Å². The fourth-order valence-electron chi connectivity index (χ4n) is 3.96. The standard InChI is InChI=1S/C26H25FN4O3/c27-19-10-12-20(13-11-19)29-26(34)21-8-4-5-9-22(21)30-25(33)17-31-15-14-28-24(32)16-23(31)18-6-2-1-3-7-18/h1-13,23H,14-17H2,(H,28,32)(H,29,34)(H,30,33). The largest absolute Gasteiger partial charge is 0.355 e. The van der Waals surface area contributed by atoms with Crippen molar-refractivity contribution in [3.63, 3.8) is 0 Å². The topological polar surface area (TPSA) is 90.5 Å². The van der Waals surface area contributed by atoms with E-state index in [1.54, 1.807) is 24.3 Å². The minimum Gasteiger partial charge on any atom is -0.355 e. The molecular formula is C26H25FN4O3. The average molecular weight is 461 g/mol. The van der Waals surface area contributed by atoms with Crippen LogP contribution in [-0.2, 0) is 9.59 Å². The van der Waals surface area contributed by atoms with Crippen molar-refractivity contribution >= 4 is 29.1 Å². The summed E-state index contributed by atoms with van der Waals surface area (Å²) in [5.41, 5.74) is 2.06. The maximum atomic E-state index is 13.1. The lowest BCUT2D eigenvalue weighted by atomic mass is 10.0. The number of carbonyl (C=O) groups is 3. The van der Waals surface area contributed by atoms with E-state index in [0.717, 1.165) is 5.56 Å². The Bertz CT molecular complexity index is 1170. The number of rotatable bonds is 6. The lowest BCUT2D eigenvalue weighted by Crippen LogP contribution is -2.37. The molecule has 3 aromatic rings. The zero-order chi connectivity index (χ0) is 23.9. The van der Waals surface area contributed by atoms with Gasteiger partial charge in [0, 0.05) is 31.2 Å². The summed E-state index contributed by atoms with van der Waals surface area (Å²) >= 11 is 0. The predicted octanol–water partition coefficient (Wildman–Crippen LogP) is 3.58. The Morgan fingerprint density at radius 3 is 2.41 bits per heavy atom. The maximum Gasteiger partial charge on any atom is 0.257 e. The third kappa shape index (κ3) is 5.85. The Morgan fingerprint density at radius 2 is 1.65 bits per heavy atom. The third-order valence-corrected chi connectivity index (χ3v) is 5.62. The Labute approximate surface area is 197 Å². The molecule has 0 spiro atoms. The molecular weight excluding hydrogens is 435 g/mol. The van der Waals surface area contributed by atoms with E-state index < -0.39 is 11.7 Å². The zero-order valence-corrected chi connectivity index (χ0v) is 18.5. The van der Waals surface area contributed by atoms with Gasteiger partial charge in [-0.05, 0) is 42.0 Å². The summed E-state index contributed by atoms with van der Waals surface area (Å²) in [6.07, 6.45) is 0.258. The fourth-order valence-corrected chi connectivity index (χ4v) is 3.96. The Balaban J connectivity index is 1.47. The van der Waals surface area contributed by atoms with Gasteiger partial charge in [0.05, 0.1) is 17.8 Å². The molecule has 3 aromatic carbocycles. The van der Waals surface area contributed by atoms with Gasteiger partial charge >= 0.3 is 0 Å². The minimum absolute atomic E-state index is 0.0560. The number of halogens is 1. The van der Waals surface area contributed by atoms with Gasteiger partial charge in [-0.1, -0.05) is 42.5 Å². The zero-order valence-electron chi connectivity index (χ0n) is 18.5. The lowest BCUT2D eigenvalue weighted by Gasteiger charge is -2.28. The van der Waals surface area contributed by atoms with Crippen LogP contribution in [-0.4, -0.2) is 42.3 Å². The summed E-state index contributed by atoms with van der Waals surface area (Å²) < 4.78 is 13.1. The first-order valence-electron chi connectivity index (χ1n) is 11.0. The fraction of sp³-hybridized carbons (Fsp3) is 0.192. The minimum atomic E-state index is -0.422. The number of hydrogen-bond acceptors (Lipinski definition) is 4. The Hall–Kier alpha value is -4.04. The second kappa shape index (κ2) is 10.7. The monoisotopic (exact) mass is 460 g/mol.